The summed E-state index contributed by atoms with van der Waals surface area (Å²) in [5, 5.41) is 18.1. The van der Waals surface area contributed by atoms with Crippen molar-refractivity contribution in [1.82, 2.24) is 4.90 Å². The van der Waals surface area contributed by atoms with E-state index in [1.54, 1.807) is 6.07 Å². The number of halogens is 1. The van der Waals surface area contributed by atoms with E-state index in [0.717, 1.165) is 31.5 Å². The third-order valence-electron chi connectivity index (χ3n) is 4.60. The van der Waals surface area contributed by atoms with Crippen LogP contribution in [0.25, 0.3) is 0 Å². The molecular weight excluding hydrogens is 277 g/mol. The molecule has 0 amide bonds. The van der Waals surface area contributed by atoms with E-state index in [1.165, 1.54) is 6.07 Å². The van der Waals surface area contributed by atoms with Gasteiger partial charge in [0.2, 0.25) is 5.82 Å². The van der Waals surface area contributed by atoms with Gasteiger partial charge in [0.25, 0.3) is 0 Å². The van der Waals surface area contributed by atoms with E-state index in [9.17, 15) is 14.3 Å². The predicted molar refractivity (Wildman–Crippen MR) is 73.2 cm³/mol. The van der Waals surface area contributed by atoms with Crippen LogP contribution < -0.4 is 4.74 Å². The fourth-order valence-electron chi connectivity index (χ4n) is 3.26. The van der Waals surface area contributed by atoms with E-state index in [4.69, 9.17) is 9.84 Å². The van der Waals surface area contributed by atoms with Crippen LogP contribution >= 0.6 is 0 Å². The van der Waals surface area contributed by atoms with Crippen molar-refractivity contribution >= 4 is 5.97 Å². The molecule has 6 heteroatoms. The van der Waals surface area contributed by atoms with Crippen LogP contribution in [0.1, 0.15) is 24.8 Å². The molecule has 3 rings (SSSR count). The highest BCUT2D eigenvalue weighted by Gasteiger charge is 2.44. The van der Waals surface area contributed by atoms with Gasteiger partial charge < -0.3 is 19.8 Å². The van der Waals surface area contributed by atoms with Gasteiger partial charge in [-0.25, -0.2) is 0 Å². The molecule has 114 valence electrons. The molecule has 1 aromatic rings. The summed E-state index contributed by atoms with van der Waals surface area (Å²) in [6, 6.07) is 3.12. The molecule has 0 atom stereocenters. The van der Waals surface area contributed by atoms with Crippen LogP contribution in [0, 0.1) is 5.82 Å². The minimum Gasteiger partial charge on any atom is -0.505 e. The Morgan fingerprint density at radius 2 is 2.10 bits per heavy atom. The molecule has 0 unspecified atom stereocenters. The van der Waals surface area contributed by atoms with Crippen molar-refractivity contribution < 1.29 is 24.1 Å². The molecule has 2 heterocycles. The number of piperidine rings is 1. The van der Waals surface area contributed by atoms with Crippen molar-refractivity contribution in [2.24, 2.45) is 0 Å². The lowest BCUT2D eigenvalue weighted by atomic mass is 9.74. The van der Waals surface area contributed by atoms with Crippen LogP contribution in [-0.2, 0) is 10.2 Å². The topological polar surface area (TPSA) is 70.0 Å². The number of fused-ring (bicyclic) bond motifs is 2. The minimum atomic E-state index is -0.789. The molecule has 0 radical (unpaired) electrons. The number of hydrogen-bond donors (Lipinski definition) is 2. The molecule has 1 aromatic carbocycles. The van der Waals surface area contributed by atoms with Crippen molar-refractivity contribution in [2.45, 2.75) is 24.7 Å². The zero-order valence-corrected chi connectivity index (χ0v) is 11.6. The number of ether oxygens (including phenoxy) is 1. The number of rotatable bonds is 3. The van der Waals surface area contributed by atoms with E-state index < -0.39 is 11.8 Å². The fourth-order valence-corrected chi connectivity index (χ4v) is 3.26. The number of nitrogens with zero attached hydrogens (tertiary/aromatic N) is 1. The van der Waals surface area contributed by atoms with E-state index >= 15 is 0 Å². The third kappa shape index (κ3) is 2.44. The number of hydrogen-bond acceptors (Lipinski definition) is 4. The van der Waals surface area contributed by atoms with E-state index in [1.807, 2.05) is 0 Å². The molecular formula is C15H18FNO4. The quantitative estimate of drug-likeness (QED) is 0.889. The SMILES string of the molecule is O=C(O)CCN1CCC2(CC1)COc1c2ccc(O)c1F. The molecule has 0 aromatic heterocycles. The lowest BCUT2D eigenvalue weighted by Gasteiger charge is -2.38. The van der Waals surface area contributed by atoms with Crippen molar-refractivity contribution in [3.05, 3.63) is 23.5 Å². The zero-order valence-electron chi connectivity index (χ0n) is 11.6. The van der Waals surface area contributed by atoms with E-state index in [0.29, 0.717) is 13.2 Å². The first-order chi connectivity index (χ1) is 10.0. The van der Waals surface area contributed by atoms with Crippen LogP contribution in [0.4, 0.5) is 4.39 Å². The highest BCUT2D eigenvalue weighted by molar-refractivity contribution is 5.66. The summed E-state index contributed by atoms with van der Waals surface area (Å²) in [6.45, 7) is 2.52. The molecule has 2 aliphatic heterocycles. The molecule has 1 saturated heterocycles. The summed E-state index contributed by atoms with van der Waals surface area (Å²) in [6.07, 6.45) is 1.76. The van der Waals surface area contributed by atoms with Crippen LogP contribution in [0.3, 0.4) is 0 Å². The van der Waals surface area contributed by atoms with Crippen molar-refractivity contribution in [1.29, 1.82) is 0 Å². The van der Waals surface area contributed by atoms with Crippen molar-refractivity contribution in [2.75, 3.05) is 26.2 Å². The molecule has 1 fully saturated rings. The second kappa shape index (κ2) is 5.18. The summed E-state index contributed by atoms with van der Waals surface area (Å²) in [5.74, 6) is -1.68. The fraction of sp³-hybridized carbons (Fsp3) is 0.533. The number of carbonyl (C=O) groups is 1. The summed E-state index contributed by atoms with van der Waals surface area (Å²) < 4.78 is 19.4. The Morgan fingerprint density at radius 1 is 1.38 bits per heavy atom. The largest absolute Gasteiger partial charge is 0.505 e. The smallest absolute Gasteiger partial charge is 0.304 e. The molecule has 0 saturated carbocycles. The van der Waals surface area contributed by atoms with E-state index in [2.05, 4.69) is 4.90 Å². The standard InChI is InChI=1S/C15H18FNO4/c16-13-11(18)2-1-10-14(13)21-9-15(10)4-7-17(8-5-15)6-3-12(19)20/h1-2,18H,3-9H2,(H,19,20). The second-order valence-electron chi connectivity index (χ2n) is 5.83. The summed E-state index contributed by atoms with van der Waals surface area (Å²) in [7, 11) is 0. The molecule has 1 spiro atoms. The van der Waals surface area contributed by atoms with Crippen LogP contribution in [0.5, 0.6) is 11.5 Å². The summed E-state index contributed by atoms with van der Waals surface area (Å²) in [5.41, 5.74) is 0.625. The Kier molecular flexibility index (Phi) is 3.49. The maximum Gasteiger partial charge on any atom is 0.304 e. The molecule has 0 bridgehead atoms. The number of phenolic OH excluding ortho intramolecular Hbond substituents is 1. The van der Waals surface area contributed by atoms with Crippen molar-refractivity contribution in [3.8, 4) is 11.5 Å². The number of likely N-dealkylation sites (tertiary alicyclic amines) is 1. The minimum absolute atomic E-state index is 0.141. The van der Waals surface area contributed by atoms with Gasteiger partial charge in [-0.1, -0.05) is 6.07 Å². The molecule has 21 heavy (non-hydrogen) atoms. The molecule has 2 N–H and O–H groups in total. The van der Waals surface area contributed by atoms with E-state index in [-0.39, 0.29) is 23.3 Å². The first-order valence-corrected chi connectivity index (χ1v) is 7.11. The van der Waals surface area contributed by atoms with Crippen LogP contribution in [0.15, 0.2) is 12.1 Å². The first-order valence-electron chi connectivity index (χ1n) is 7.11. The Morgan fingerprint density at radius 3 is 2.76 bits per heavy atom. The van der Waals surface area contributed by atoms with Gasteiger partial charge in [0.1, 0.15) is 0 Å². The maximum atomic E-state index is 13.9. The summed E-state index contributed by atoms with van der Waals surface area (Å²) >= 11 is 0. The molecule has 5 nitrogen and oxygen atoms in total. The van der Waals surface area contributed by atoms with Crippen molar-refractivity contribution in [3.63, 3.8) is 0 Å². The predicted octanol–water partition coefficient (Wildman–Crippen LogP) is 1.73. The Bertz CT molecular complexity index is 567. The number of phenols is 1. The number of aromatic hydroxyl groups is 1. The molecule has 2 aliphatic rings. The van der Waals surface area contributed by atoms with Gasteiger partial charge in [0.15, 0.2) is 11.5 Å². The van der Waals surface area contributed by atoms with Gasteiger partial charge in [-0.3, -0.25) is 4.79 Å². The third-order valence-corrected chi connectivity index (χ3v) is 4.60. The van der Waals surface area contributed by atoms with Gasteiger partial charge in [-0.05, 0) is 32.0 Å². The number of carboxylic acid groups (broad SMARTS) is 1. The average Bonchev–Trinajstić information content (AvgIpc) is 2.82. The van der Waals surface area contributed by atoms with Gasteiger partial charge in [0, 0.05) is 17.5 Å². The average molecular weight is 295 g/mol. The maximum absolute atomic E-state index is 13.9. The summed E-state index contributed by atoms with van der Waals surface area (Å²) in [4.78, 5) is 12.7. The van der Waals surface area contributed by atoms with Gasteiger partial charge in [0.05, 0.1) is 13.0 Å². The van der Waals surface area contributed by atoms with Gasteiger partial charge in [-0.2, -0.15) is 4.39 Å². The van der Waals surface area contributed by atoms with Gasteiger partial charge >= 0.3 is 5.97 Å². The van der Waals surface area contributed by atoms with Crippen LogP contribution in [-0.4, -0.2) is 47.3 Å². The Balaban J connectivity index is 1.73. The zero-order chi connectivity index (χ0) is 15.0. The Labute approximate surface area is 121 Å². The van der Waals surface area contributed by atoms with Crippen LogP contribution in [0.2, 0.25) is 0 Å². The Hall–Kier alpha value is -1.82. The van der Waals surface area contributed by atoms with Gasteiger partial charge in [-0.15, -0.1) is 0 Å². The number of aliphatic carboxylic acids is 1. The number of carboxylic acids is 1. The highest BCUT2D eigenvalue weighted by Crippen LogP contribution is 2.48. The number of benzene rings is 1. The lowest BCUT2D eigenvalue weighted by Crippen LogP contribution is -2.44. The normalized spacial score (nSPS) is 20.2. The lowest BCUT2D eigenvalue weighted by molar-refractivity contribution is -0.137. The first kappa shape index (κ1) is 14.1. The molecule has 0 aliphatic carbocycles. The second-order valence-corrected chi connectivity index (χ2v) is 5.83. The monoisotopic (exact) mass is 295 g/mol. The highest BCUT2D eigenvalue weighted by atomic mass is 19.1.